The summed E-state index contributed by atoms with van der Waals surface area (Å²) >= 11 is 0. The van der Waals surface area contributed by atoms with E-state index in [1.54, 1.807) is 6.08 Å². The van der Waals surface area contributed by atoms with E-state index in [9.17, 15) is 0 Å². The second kappa shape index (κ2) is 39.2. The summed E-state index contributed by atoms with van der Waals surface area (Å²) in [5.74, 6) is 12.6. The third-order valence-corrected chi connectivity index (χ3v) is 27.2. The van der Waals surface area contributed by atoms with E-state index < -0.39 is 0 Å². The Kier molecular flexibility index (Phi) is 30.0. The summed E-state index contributed by atoms with van der Waals surface area (Å²) < 4.78 is 58.0. The van der Waals surface area contributed by atoms with Gasteiger partial charge in [0.15, 0.2) is 0 Å². The van der Waals surface area contributed by atoms with Gasteiger partial charge in [-0.25, -0.2) is 0 Å². The van der Waals surface area contributed by atoms with Crippen LogP contribution in [0.3, 0.4) is 0 Å². The van der Waals surface area contributed by atoms with Gasteiger partial charge < -0.3 is 52.1 Å². The van der Waals surface area contributed by atoms with Crippen molar-refractivity contribution in [2.45, 2.75) is 296 Å². The lowest BCUT2D eigenvalue weighted by Gasteiger charge is -2.30. The molecule has 105 heavy (non-hydrogen) atoms. The van der Waals surface area contributed by atoms with Crippen LogP contribution < -0.4 is 0 Å². The quantitative estimate of drug-likeness (QED) is 0.0525. The first-order valence-corrected chi connectivity index (χ1v) is 42.3. The van der Waals surface area contributed by atoms with Crippen LogP contribution >= 0.6 is 0 Å². The van der Waals surface area contributed by atoms with Crippen LogP contribution in [0.1, 0.15) is 210 Å². The molecule has 10 saturated carbocycles. The maximum atomic E-state index is 5.68. The Labute approximate surface area is 635 Å². The van der Waals surface area contributed by atoms with E-state index in [1.807, 2.05) is 30.4 Å². The first-order valence-electron chi connectivity index (χ1n) is 42.3. The smallest absolute Gasteiger partial charge is 0.106 e. The highest BCUT2D eigenvalue weighted by atomic mass is 16.6. The van der Waals surface area contributed by atoms with E-state index >= 15 is 0 Å². The topological polar surface area (TPSA) is 138 Å². The molecule has 21 aliphatic rings. The zero-order chi connectivity index (χ0) is 73.4. The minimum atomic E-state index is 0.277. The van der Waals surface area contributed by atoms with Crippen LogP contribution in [0.5, 0.6) is 0 Å². The summed E-state index contributed by atoms with van der Waals surface area (Å²) in [7, 11) is 0. The first-order chi connectivity index (χ1) is 51.3. The Morgan fingerprint density at radius 2 is 1.00 bits per heavy atom. The molecule has 10 aliphatic carbocycles. The van der Waals surface area contributed by atoms with Crippen LogP contribution in [0.25, 0.3) is 6.08 Å². The van der Waals surface area contributed by atoms with Crippen LogP contribution in [-0.4, -0.2) is 130 Å². The van der Waals surface area contributed by atoms with E-state index in [-0.39, 0.29) is 5.60 Å². The molecule has 6 bridgehead atoms. The number of hydrogen-bond acceptors (Lipinski definition) is 11. The van der Waals surface area contributed by atoms with Gasteiger partial charge in [0, 0.05) is 0 Å². The molecule has 11 nitrogen and oxygen atoms in total. The van der Waals surface area contributed by atoms with Crippen molar-refractivity contribution in [1.82, 2.24) is 0 Å². The summed E-state index contributed by atoms with van der Waals surface area (Å²) in [4.78, 5) is 0. The normalized spacial score (nSPS) is 43.2. The van der Waals surface area contributed by atoms with Crippen molar-refractivity contribution >= 4 is 6.08 Å². The molecule has 1 aromatic carbocycles. The molecule has 580 valence electrons. The lowest BCUT2D eigenvalue weighted by atomic mass is 9.75. The maximum absolute atomic E-state index is 5.68. The second-order valence-corrected chi connectivity index (χ2v) is 34.7. The van der Waals surface area contributed by atoms with Gasteiger partial charge in [-0.15, -0.1) is 65.8 Å². The molecule has 22 rings (SSSR count). The molecule has 11 heterocycles. The second-order valence-electron chi connectivity index (χ2n) is 34.7. The maximum Gasteiger partial charge on any atom is 0.106 e. The number of ether oxygens (including phenoxy) is 11. The molecule has 0 spiro atoms. The van der Waals surface area contributed by atoms with Gasteiger partial charge in [-0.05, 0) is 268 Å². The zero-order valence-electron chi connectivity index (χ0n) is 64.8. The molecule has 31 unspecified atom stereocenters. The number of hydrogen-bond donors (Lipinski definition) is 0. The highest BCUT2D eigenvalue weighted by molar-refractivity contribution is 5.47. The average Bonchev–Trinajstić information content (AvgIpc) is 1.55. The van der Waals surface area contributed by atoms with Crippen LogP contribution in [0, 0.1) is 82.9 Å². The van der Waals surface area contributed by atoms with Crippen molar-refractivity contribution in [3.05, 3.63) is 169 Å². The number of benzene rings is 1. The molecule has 0 radical (unpaired) electrons. The fourth-order valence-electron chi connectivity index (χ4n) is 20.0. The molecule has 1 aromatic rings. The number of unbranched alkanes of at least 4 members (excludes halogenated alkanes) is 4. The molecule has 21 fully saturated rings. The van der Waals surface area contributed by atoms with Gasteiger partial charge >= 0.3 is 0 Å². The van der Waals surface area contributed by atoms with Crippen molar-refractivity contribution in [3.63, 3.8) is 0 Å². The van der Waals surface area contributed by atoms with Gasteiger partial charge in [-0.2, -0.15) is 0 Å². The molecule has 11 heteroatoms. The monoisotopic (exact) mass is 1440 g/mol. The number of rotatable bonds is 25. The minimum absolute atomic E-state index is 0.277. The molecular formula is C94H138O11. The fourth-order valence-corrected chi connectivity index (χ4v) is 20.0. The van der Waals surface area contributed by atoms with E-state index in [0.717, 1.165) is 134 Å². The van der Waals surface area contributed by atoms with Crippen LogP contribution in [0.4, 0.5) is 0 Å². The Morgan fingerprint density at radius 1 is 0.410 bits per heavy atom. The van der Waals surface area contributed by atoms with E-state index in [4.69, 9.17) is 52.1 Å². The SMILES string of the molecule is C=CC1CC2CC1C1C2CC2OC21.C=CC1CC2CC1C1OC21.C=CC1CCC2(C)OC2C1.C=CC1CCC2OC2C1.C=CC1CO1.C=CCC1CO1.C=CCCC1CC2CC1C1OC21.C=CCCC1CCC2OC2C1.C=CCCC1CO1.C=CCCCCCCC1CO1.C=Cc1ccc(C2CO2)cc1. The Balaban J connectivity index is 0.000000109. The zero-order valence-corrected chi connectivity index (χ0v) is 64.8. The Hall–Kier alpha value is -4.08. The molecule has 0 amide bonds. The lowest BCUT2D eigenvalue weighted by molar-refractivity contribution is 0.127. The minimum Gasteiger partial charge on any atom is -0.373 e. The van der Waals surface area contributed by atoms with Crippen molar-refractivity contribution in [2.75, 3.05) is 33.0 Å². The van der Waals surface area contributed by atoms with Crippen LogP contribution in [-0.2, 0) is 52.1 Å². The molecule has 31 atom stereocenters. The third-order valence-electron chi connectivity index (χ3n) is 27.2. The number of fused-ring (bicyclic) bond motifs is 20. The fraction of sp³-hybridized carbons (Fsp3) is 0.702. The van der Waals surface area contributed by atoms with Crippen molar-refractivity contribution in [3.8, 4) is 0 Å². The Bertz CT molecular complexity index is 2960. The number of epoxide rings is 11. The molecular weight excluding hydrogens is 1310 g/mol. The molecule has 0 N–H and O–H groups in total. The van der Waals surface area contributed by atoms with Gasteiger partial charge in [0.25, 0.3) is 0 Å². The molecule has 11 saturated heterocycles. The van der Waals surface area contributed by atoms with E-state index in [2.05, 4.69) is 134 Å². The summed E-state index contributed by atoms with van der Waals surface area (Å²) in [5.41, 5.74) is 2.71. The predicted molar refractivity (Wildman–Crippen MR) is 425 cm³/mol. The van der Waals surface area contributed by atoms with Gasteiger partial charge in [0.05, 0.1) is 130 Å². The van der Waals surface area contributed by atoms with Crippen LogP contribution in [0.2, 0.25) is 0 Å². The molecule has 11 aliphatic heterocycles. The predicted octanol–water partition coefficient (Wildman–Crippen LogP) is 20.8. The number of allylic oxidation sites excluding steroid dienone is 8. The standard InChI is InChI=1S/C12H16O.C11H16O.C10H10O.C10H16O.C10H18O.C9H12O.C9H14O.C8H12O.C6H10O.C5H8O.C4H6O/c1-2-6-3-7-4-8(6)11-9(7)5-10-12(11)13-10;1-2-3-4-7-5-8-6-9(7)11-10(8)12-11;1-2-8-3-5-9(6-4-8)10-7-11-10;1-2-3-4-8-5-6-9-10(7-8)11-9;1-2-3-4-5-6-7-8-10-9-11-10;1-2-5-3-6-4-7(5)9-8(6)10-9;1-3-7-4-5-9(2)8(6-7)10-9;1-2-6-3-4-7-8(5-6)9-7;1-2-3-4-6-5-7-6;1-2-3-5-4-6-5;1-2-4-3-5-4/h2,6-12H,1,3-5H2;2,7-11H,1,3-6H2;2-6,10H,1,7H2;2,8-10H,1,3-7H2;2,10H,1,3-9H2;2,5-9H,1,3-4H2;3,7-8H,1,4-6H2,2H3;2,6-8H,1,3-5H2;2,6H,1,3-5H2;2,5H,1,3-4H2;2,4H,1,3H2. The average molecular weight is 1440 g/mol. The summed E-state index contributed by atoms with van der Waals surface area (Å²) in [5, 5.41) is 0. The largest absolute Gasteiger partial charge is 0.373 e. The van der Waals surface area contributed by atoms with Gasteiger partial charge in [0.2, 0.25) is 0 Å². The van der Waals surface area contributed by atoms with E-state index in [1.165, 1.54) is 179 Å². The summed E-state index contributed by atoms with van der Waals surface area (Å²) in [6.07, 6.45) is 69.5. The van der Waals surface area contributed by atoms with Crippen molar-refractivity contribution in [1.29, 1.82) is 0 Å². The van der Waals surface area contributed by atoms with Crippen LogP contribution in [0.15, 0.2) is 157 Å². The van der Waals surface area contributed by atoms with Crippen molar-refractivity contribution < 1.29 is 52.1 Å². The summed E-state index contributed by atoms with van der Waals surface area (Å²) in [6.45, 7) is 47.9. The third kappa shape index (κ3) is 24.2. The lowest BCUT2D eigenvalue weighted by Crippen LogP contribution is -2.27. The highest BCUT2D eigenvalue weighted by Gasteiger charge is 2.67. The Morgan fingerprint density at radius 3 is 1.54 bits per heavy atom. The first kappa shape index (κ1) is 80.4. The van der Waals surface area contributed by atoms with Gasteiger partial charge in [-0.3, -0.25) is 0 Å². The molecule has 0 aromatic heterocycles. The van der Waals surface area contributed by atoms with Crippen molar-refractivity contribution in [2.24, 2.45) is 82.9 Å². The highest BCUT2D eigenvalue weighted by Crippen LogP contribution is 2.66. The van der Waals surface area contributed by atoms with Gasteiger partial charge in [-0.1, -0.05) is 117 Å². The van der Waals surface area contributed by atoms with Gasteiger partial charge in [0.1, 0.15) is 6.10 Å². The van der Waals surface area contributed by atoms with E-state index in [0.29, 0.717) is 97.7 Å². The summed E-state index contributed by atoms with van der Waals surface area (Å²) in [6, 6.07) is 8.30.